The maximum absolute atomic E-state index is 4.68. The van der Waals surface area contributed by atoms with Crippen molar-refractivity contribution in [2.24, 2.45) is 0 Å². The molecule has 4 aromatic carbocycles. The minimum atomic E-state index is -0.560. The molecule has 0 amide bonds. The van der Waals surface area contributed by atoms with Gasteiger partial charge in [0.05, 0.1) is 11.2 Å². The number of hydrogen-bond donors (Lipinski definition) is 1. The van der Waals surface area contributed by atoms with Gasteiger partial charge in [-0.1, -0.05) is 109 Å². The number of nitrogens with zero attached hydrogens (tertiary/aromatic N) is 1. The third-order valence-electron chi connectivity index (χ3n) is 5.58. The second-order valence-corrected chi connectivity index (χ2v) is 7.35. The van der Waals surface area contributed by atoms with Crippen molar-refractivity contribution in [3.63, 3.8) is 0 Å². The lowest BCUT2D eigenvalue weighted by molar-refractivity contribution is 0.712. The fourth-order valence-electron chi connectivity index (χ4n) is 4.19. The molecule has 0 spiro atoms. The van der Waals surface area contributed by atoms with Crippen molar-refractivity contribution >= 4 is 16.6 Å². The van der Waals surface area contributed by atoms with Gasteiger partial charge in [-0.25, -0.2) is 0 Å². The standard InChI is InChI=1S/C28H22N2/c1-4-14-23(15-5-1)28(24-16-6-2-7-17-24,25-18-8-3-9-19-25)30-26-20-10-12-22-13-11-21-29-27(22)26/h1-21,30H. The molecule has 1 heterocycles. The first-order valence-electron chi connectivity index (χ1n) is 10.2. The molecule has 0 saturated heterocycles. The molecule has 0 fully saturated rings. The second kappa shape index (κ2) is 7.84. The highest BCUT2D eigenvalue weighted by Crippen LogP contribution is 2.41. The van der Waals surface area contributed by atoms with Crippen LogP contribution in [0.4, 0.5) is 5.69 Å². The first kappa shape index (κ1) is 18.1. The Kier molecular flexibility index (Phi) is 4.74. The lowest BCUT2D eigenvalue weighted by Crippen LogP contribution is -2.38. The van der Waals surface area contributed by atoms with Gasteiger partial charge in [-0.3, -0.25) is 4.98 Å². The number of benzene rings is 4. The molecule has 0 saturated carbocycles. The summed E-state index contributed by atoms with van der Waals surface area (Å²) in [4.78, 5) is 4.68. The number of hydrogen-bond acceptors (Lipinski definition) is 2. The molecule has 0 radical (unpaired) electrons. The van der Waals surface area contributed by atoms with Crippen LogP contribution in [0.15, 0.2) is 128 Å². The van der Waals surface area contributed by atoms with Gasteiger partial charge in [0.15, 0.2) is 0 Å². The maximum Gasteiger partial charge on any atom is 0.114 e. The smallest absolute Gasteiger partial charge is 0.114 e. The Hall–Kier alpha value is -3.91. The number of fused-ring (bicyclic) bond motifs is 1. The Bertz CT molecular complexity index is 1150. The lowest BCUT2D eigenvalue weighted by atomic mass is 9.76. The monoisotopic (exact) mass is 386 g/mol. The van der Waals surface area contributed by atoms with Gasteiger partial charge in [0.2, 0.25) is 0 Å². The van der Waals surface area contributed by atoms with E-state index in [4.69, 9.17) is 0 Å². The van der Waals surface area contributed by atoms with Crippen molar-refractivity contribution in [2.75, 3.05) is 5.32 Å². The molecule has 144 valence electrons. The number of nitrogens with one attached hydrogen (secondary N) is 1. The summed E-state index contributed by atoms with van der Waals surface area (Å²) in [6.45, 7) is 0. The highest BCUT2D eigenvalue weighted by molar-refractivity contribution is 5.91. The minimum absolute atomic E-state index is 0.560. The molecular formula is C28H22N2. The van der Waals surface area contributed by atoms with E-state index >= 15 is 0 Å². The van der Waals surface area contributed by atoms with E-state index in [-0.39, 0.29) is 0 Å². The highest BCUT2D eigenvalue weighted by atomic mass is 15.0. The number of pyridine rings is 1. The van der Waals surface area contributed by atoms with Crippen LogP contribution in [-0.4, -0.2) is 4.98 Å². The van der Waals surface area contributed by atoms with Crippen LogP contribution in [0.3, 0.4) is 0 Å². The Balaban J connectivity index is 1.82. The minimum Gasteiger partial charge on any atom is -0.366 e. The van der Waals surface area contributed by atoms with Gasteiger partial charge in [-0.2, -0.15) is 0 Å². The molecule has 2 nitrogen and oxygen atoms in total. The van der Waals surface area contributed by atoms with Crippen LogP contribution in [-0.2, 0) is 5.54 Å². The number of para-hydroxylation sites is 1. The number of aromatic nitrogens is 1. The van der Waals surface area contributed by atoms with Crippen molar-refractivity contribution < 1.29 is 0 Å². The molecule has 2 heteroatoms. The normalized spacial score (nSPS) is 11.3. The number of rotatable bonds is 5. The number of anilines is 1. The van der Waals surface area contributed by atoms with Gasteiger partial charge in [-0.05, 0) is 28.8 Å². The summed E-state index contributed by atoms with van der Waals surface area (Å²) in [5, 5.41) is 5.04. The summed E-state index contributed by atoms with van der Waals surface area (Å²) in [7, 11) is 0. The van der Waals surface area contributed by atoms with E-state index in [9.17, 15) is 0 Å². The highest BCUT2D eigenvalue weighted by Gasteiger charge is 2.36. The SMILES string of the molecule is c1ccc(C(Nc2cccc3cccnc23)(c2ccccc2)c2ccccc2)cc1. The first-order valence-corrected chi connectivity index (χ1v) is 10.2. The third kappa shape index (κ3) is 3.13. The van der Waals surface area contributed by atoms with Crippen molar-refractivity contribution in [3.05, 3.63) is 144 Å². The summed E-state index contributed by atoms with van der Waals surface area (Å²) < 4.78 is 0. The van der Waals surface area contributed by atoms with Gasteiger partial charge in [0, 0.05) is 11.6 Å². The van der Waals surface area contributed by atoms with E-state index in [1.54, 1.807) is 0 Å². The second-order valence-electron chi connectivity index (χ2n) is 7.35. The quantitative estimate of drug-likeness (QED) is 0.343. The van der Waals surface area contributed by atoms with E-state index in [1.807, 2.05) is 12.3 Å². The van der Waals surface area contributed by atoms with Crippen molar-refractivity contribution in [1.29, 1.82) is 0 Å². The third-order valence-corrected chi connectivity index (χ3v) is 5.58. The molecule has 0 aliphatic carbocycles. The fraction of sp³-hybridized carbons (Fsp3) is 0.0357. The van der Waals surface area contributed by atoms with Crippen molar-refractivity contribution in [1.82, 2.24) is 4.98 Å². The van der Waals surface area contributed by atoms with Crippen molar-refractivity contribution in [2.45, 2.75) is 5.54 Å². The Labute approximate surface area is 176 Å². The van der Waals surface area contributed by atoms with E-state index in [0.717, 1.165) is 16.6 Å². The van der Waals surface area contributed by atoms with Crippen LogP contribution in [0.5, 0.6) is 0 Å². The summed E-state index contributed by atoms with van der Waals surface area (Å²) in [6, 6.07) is 42.2. The molecular weight excluding hydrogens is 364 g/mol. The zero-order chi connectivity index (χ0) is 20.2. The predicted octanol–water partition coefficient (Wildman–Crippen LogP) is 6.64. The predicted molar refractivity (Wildman–Crippen MR) is 125 cm³/mol. The van der Waals surface area contributed by atoms with Crippen LogP contribution in [0.2, 0.25) is 0 Å². The van der Waals surface area contributed by atoms with Gasteiger partial charge < -0.3 is 5.32 Å². The van der Waals surface area contributed by atoms with Crippen LogP contribution in [0.25, 0.3) is 10.9 Å². The lowest BCUT2D eigenvalue weighted by Gasteiger charge is -2.38. The zero-order valence-electron chi connectivity index (χ0n) is 16.6. The molecule has 0 unspecified atom stereocenters. The Morgan fingerprint density at radius 3 is 1.53 bits per heavy atom. The van der Waals surface area contributed by atoms with E-state index in [0.29, 0.717) is 0 Å². The maximum atomic E-state index is 4.68. The van der Waals surface area contributed by atoms with Crippen LogP contribution in [0.1, 0.15) is 16.7 Å². The Morgan fingerprint density at radius 1 is 0.500 bits per heavy atom. The molecule has 0 aliphatic heterocycles. The summed E-state index contributed by atoms with van der Waals surface area (Å²) in [5.41, 5.74) is 4.94. The van der Waals surface area contributed by atoms with Gasteiger partial charge in [-0.15, -0.1) is 0 Å². The fourth-order valence-corrected chi connectivity index (χ4v) is 4.19. The summed E-state index contributed by atoms with van der Waals surface area (Å²) in [6.07, 6.45) is 1.85. The summed E-state index contributed by atoms with van der Waals surface area (Å²) in [5.74, 6) is 0. The zero-order valence-corrected chi connectivity index (χ0v) is 16.6. The van der Waals surface area contributed by atoms with Crippen LogP contribution in [0, 0.1) is 0 Å². The molecule has 0 aliphatic rings. The molecule has 5 aromatic rings. The van der Waals surface area contributed by atoms with E-state index in [2.05, 4.69) is 126 Å². The average Bonchev–Trinajstić information content (AvgIpc) is 2.84. The molecule has 0 atom stereocenters. The average molecular weight is 386 g/mol. The van der Waals surface area contributed by atoms with Crippen LogP contribution >= 0.6 is 0 Å². The molecule has 30 heavy (non-hydrogen) atoms. The van der Waals surface area contributed by atoms with Gasteiger partial charge >= 0.3 is 0 Å². The molecule has 1 N–H and O–H groups in total. The Morgan fingerprint density at radius 2 is 1.00 bits per heavy atom. The van der Waals surface area contributed by atoms with Crippen LogP contribution < -0.4 is 5.32 Å². The molecule has 5 rings (SSSR count). The van der Waals surface area contributed by atoms with Gasteiger partial charge in [0.25, 0.3) is 0 Å². The van der Waals surface area contributed by atoms with E-state index in [1.165, 1.54) is 16.7 Å². The molecule has 0 bridgehead atoms. The van der Waals surface area contributed by atoms with E-state index < -0.39 is 5.54 Å². The topological polar surface area (TPSA) is 24.9 Å². The first-order chi connectivity index (χ1) is 14.9. The molecule has 1 aromatic heterocycles. The van der Waals surface area contributed by atoms with Gasteiger partial charge in [0.1, 0.15) is 5.54 Å². The summed E-state index contributed by atoms with van der Waals surface area (Å²) >= 11 is 0. The largest absolute Gasteiger partial charge is 0.366 e. The van der Waals surface area contributed by atoms with Crippen molar-refractivity contribution in [3.8, 4) is 0 Å².